The molecule has 0 aliphatic rings. The Hall–Kier alpha value is -2.86. The molecule has 0 bridgehead atoms. The second kappa shape index (κ2) is 21.8. The van der Waals surface area contributed by atoms with Crippen LogP contribution < -0.4 is 16.0 Å². The monoisotopic (exact) mass is 609 g/mol. The van der Waals surface area contributed by atoms with E-state index in [0.29, 0.717) is 18.9 Å². The van der Waals surface area contributed by atoms with Gasteiger partial charge in [-0.05, 0) is 64.5 Å². The van der Waals surface area contributed by atoms with Crippen LogP contribution in [0.15, 0.2) is 48.9 Å². The van der Waals surface area contributed by atoms with E-state index in [1.54, 1.807) is 7.11 Å². The Labute approximate surface area is 266 Å². The minimum Gasteiger partial charge on any atom is -0.383 e. The summed E-state index contributed by atoms with van der Waals surface area (Å²) >= 11 is 0. The molecule has 2 aromatic rings. The third kappa shape index (κ3) is 14.7. The number of hydrogen-bond donors (Lipinski definition) is 3. The molecule has 0 radical (unpaired) electrons. The average molecular weight is 610 g/mol. The molecule has 244 valence electrons. The fourth-order valence-electron chi connectivity index (χ4n) is 5.23. The Morgan fingerprint density at radius 2 is 1.73 bits per heavy atom. The minimum atomic E-state index is -0.753. The molecule has 1 aromatic heterocycles. The van der Waals surface area contributed by atoms with E-state index in [4.69, 9.17) is 4.74 Å². The van der Waals surface area contributed by atoms with Gasteiger partial charge in [0.2, 0.25) is 12.8 Å². The summed E-state index contributed by atoms with van der Waals surface area (Å²) in [5, 5.41) is 9.45. The van der Waals surface area contributed by atoms with Crippen LogP contribution in [-0.4, -0.2) is 111 Å². The first-order chi connectivity index (χ1) is 21.2. The molecule has 0 unspecified atom stereocenters. The summed E-state index contributed by atoms with van der Waals surface area (Å²) in [4.78, 5) is 39.8. The Bertz CT molecular complexity index is 1050. The van der Waals surface area contributed by atoms with E-state index in [1.807, 2.05) is 37.4 Å². The molecular weight excluding hydrogens is 553 g/mol. The Kier molecular flexibility index (Phi) is 18.5. The van der Waals surface area contributed by atoms with Crippen LogP contribution >= 0.6 is 0 Å². The van der Waals surface area contributed by atoms with Crippen molar-refractivity contribution in [2.24, 2.45) is 5.92 Å². The number of amides is 2. The van der Waals surface area contributed by atoms with Crippen molar-refractivity contribution in [1.82, 2.24) is 35.6 Å². The molecule has 0 saturated heterocycles. The van der Waals surface area contributed by atoms with Crippen LogP contribution in [0, 0.1) is 5.92 Å². The van der Waals surface area contributed by atoms with E-state index >= 15 is 0 Å². The molecule has 2 amide bonds. The van der Waals surface area contributed by atoms with Crippen molar-refractivity contribution in [2.75, 3.05) is 60.5 Å². The van der Waals surface area contributed by atoms with Crippen LogP contribution in [0.2, 0.25) is 6.82 Å². The third-order valence-electron chi connectivity index (χ3n) is 8.06. The van der Waals surface area contributed by atoms with Gasteiger partial charge in [-0.1, -0.05) is 63.8 Å². The zero-order valence-electron chi connectivity index (χ0n) is 27.9. The highest BCUT2D eigenvalue weighted by atomic mass is 16.5. The number of carbonyl (C=O) groups excluding carboxylic acids is 2. The second-order valence-electron chi connectivity index (χ2n) is 12.1. The van der Waals surface area contributed by atoms with Gasteiger partial charge in [-0.3, -0.25) is 19.5 Å². The lowest BCUT2D eigenvalue weighted by atomic mass is 9.54. The van der Waals surface area contributed by atoms with E-state index < -0.39 is 11.9 Å². The first kappa shape index (κ1) is 37.3. The molecule has 44 heavy (non-hydrogen) atoms. The summed E-state index contributed by atoms with van der Waals surface area (Å²) in [6.45, 7) is 12.2. The van der Waals surface area contributed by atoms with Gasteiger partial charge in [-0.2, -0.15) is 0 Å². The highest BCUT2D eigenvalue weighted by Crippen LogP contribution is 2.12. The van der Waals surface area contributed by atoms with Crippen LogP contribution in [0.1, 0.15) is 62.0 Å². The minimum absolute atomic E-state index is 0.0845. The number of benzene rings is 1. The van der Waals surface area contributed by atoms with Crippen molar-refractivity contribution >= 4 is 18.7 Å². The lowest BCUT2D eigenvalue weighted by Gasteiger charge is -2.34. The van der Waals surface area contributed by atoms with Crippen LogP contribution in [0.25, 0.3) is 0 Å². The van der Waals surface area contributed by atoms with E-state index in [-0.39, 0.29) is 24.4 Å². The average Bonchev–Trinajstić information content (AvgIpc) is 3.03. The number of unbranched alkanes of at least 4 members (excludes halogenated alkanes) is 3. The van der Waals surface area contributed by atoms with E-state index in [0.717, 1.165) is 44.7 Å². The van der Waals surface area contributed by atoms with Gasteiger partial charge < -0.3 is 25.5 Å². The number of hydrogen-bond acceptors (Lipinski definition) is 8. The normalized spacial score (nSPS) is 12.8. The van der Waals surface area contributed by atoms with E-state index in [2.05, 4.69) is 63.3 Å². The standard InChI is InChI=1S/C33H56BN7O3/c1-27(2)24-31(34(3)40(5)20-21-41(22-23-44-6)19-13-8-7-12-16-35-4)39-32(42)29(25-28-14-10-9-11-15-28)38-33(43)30-26-36-17-18-37-30/h9-11,14-15,17-18,26-27,29,31,35H,7-8,12-13,16,19-25H2,1-6H3,(H,38,43)(H,39,42)/t29-,31-/m0/s1. The Morgan fingerprint density at radius 3 is 2.39 bits per heavy atom. The van der Waals surface area contributed by atoms with Crippen molar-refractivity contribution in [3.63, 3.8) is 0 Å². The topological polar surface area (TPSA) is 112 Å². The highest BCUT2D eigenvalue weighted by Gasteiger charge is 2.31. The van der Waals surface area contributed by atoms with Gasteiger partial charge in [0, 0.05) is 45.0 Å². The second-order valence-corrected chi connectivity index (χ2v) is 12.1. The summed E-state index contributed by atoms with van der Waals surface area (Å²) in [5.41, 5.74) is 1.15. The summed E-state index contributed by atoms with van der Waals surface area (Å²) in [6.07, 6.45) is 10.5. The van der Waals surface area contributed by atoms with Crippen molar-refractivity contribution in [2.45, 2.75) is 71.2 Å². The molecule has 1 heterocycles. The molecule has 0 spiro atoms. The molecule has 0 fully saturated rings. The van der Waals surface area contributed by atoms with Gasteiger partial charge in [0.15, 0.2) is 0 Å². The molecule has 10 nitrogen and oxygen atoms in total. The Morgan fingerprint density at radius 1 is 0.977 bits per heavy atom. The number of ether oxygens (including phenoxy) is 1. The van der Waals surface area contributed by atoms with Crippen LogP contribution in [-0.2, 0) is 16.0 Å². The molecule has 0 aliphatic carbocycles. The van der Waals surface area contributed by atoms with Crippen LogP contribution in [0.3, 0.4) is 0 Å². The first-order valence-electron chi connectivity index (χ1n) is 16.2. The van der Waals surface area contributed by atoms with Gasteiger partial charge in [0.05, 0.1) is 12.8 Å². The largest absolute Gasteiger partial charge is 0.383 e. The number of methoxy groups -OCH3 is 1. The summed E-state index contributed by atoms with van der Waals surface area (Å²) < 4.78 is 5.38. The summed E-state index contributed by atoms with van der Waals surface area (Å²) in [5.74, 6) is -0.312. The summed E-state index contributed by atoms with van der Waals surface area (Å²) in [7, 11) is 5.89. The molecule has 1 aromatic carbocycles. The molecule has 0 saturated carbocycles. The van der Waals surface area contributed by atoms with Gasteiger partial charge in [0.25, 0.3) is 5.91 Å². The smallest absolute Gasteiger partial charge is 0.272 e. The first-order valence-corrected chi connectivity index (χ1v) is 16.2. The number of carbonyl (C=O) groups is 2. The zero-order valence-corrected chi connectivity index (χ0v) is 27.9. The number of nitrogens with one attached hydrogen (secondary N) is 3. The molecular formula is C33H56BN7O3. The van der Waals surface area contributed by atoms with Crippen molar-refractivity contribution in [3.05, 3.63) is 60.2 Å². The Balaban J connectivity index is 2.07. The molecule has 0 aliphatic heterocycles. The van der Waals surface area contributed by atoms with Crippen LogP contribution in [0.5, 0.6) is 0 Å². The number of rotatable bonds is 23. The van der Waals surface area contributed by atoms with Crippen LogP contribution in [0.4, 0.5) is 0 Å². The van der Waals surface area contributed by atoms with E-state index in [1.165, 1.54) is 44.3 Å². The van der Waals surface area contributed by atoms with Crippen molar-refractivity contribution in [1.29, 1.82) is 0 Å². The summed E-state index contributed by atoms with van der Waals surface area (Å²) in [6, 6.07) is 9.00. The van der Waals surface area contributed by atoms with Crippen molar-refractivity contribution < 1.29 is 14.3 Å². The van der Waals surface area contributed by atoms with Gasteiger partial charge in [-0.25, -0.2) is 4.98 Å². The lowest BCUT2D eigenvalue weighted by molar-refractivity contribution is -0.123. The maximum Gasteiger partial charge on any atom is 0.272 e. The number of aromatic nitrogens is 2. The number of nitrogens with zero attached hydrogens (tertiary/aromatic N) is 4. The van der Waals surface area contributed by atoms with Gasteiger partial charge in [0.1, 0.15) is 11.7 Å². The lowest BCUT2D eigenvalue weighted by Crippen LogP contribution is -2.58. The van der Waals surface area contributed by atoms with E-state index in [9.17, 15) is 9.59 Å². The van der Waals surface area contributed by atoms with Gasteiger partial charge in [-0.15, -0.1) is 0 Å². The SMILES string of the molecule is CNCCCCCCN(CCOC)CCN(C)B(C)[C@H](CC(C)C)NC(=O)[C@H](Cc1ccccc1)NC(=O)c1cnccn1. The van der Waals surface area contributed by atoms with Gasteiger partial charge >= 0.3 is 0 Å². The quantitative estimate of drug-likeness (QED) is 0.130. The third-order valence-corrected chi connectivity index (χ3v) is 8.06. The predicted molar refractivity (Wildman–Crippen MR) is 180 cm³/mol. The maximum absolute atomic E-state index is 13.8. The van der Waals surface area contributed by atoms with Crippen molar-refractivity contribution in [3.8, 4) is 0 Å². The number of likely N-dealkylation sites (N-methyl/N-ethyl adjacent to an activating group) is 1. The zero-order chi connectivity index (χ0) is 32.2. The predicted octanol–water partition coefficient (Wildman–Crippen LogP) is 3.17. The maximum atomic E-state index is 13.8. The molecule has 2 rings (SSSR count). The molecule has 11 heteroatoms. The molecule has 2 atom stereocenters. The fourth-order valence-corrected chi connectivity index (χ4v) is 5.23. The highest BCUT2D eigenvalue weighted by molar-refractivity contribution is 6.56. The fraction of sp³-hybridized carbons (Fsp3) is 0.636. The molecule has 3 N–H and O–H groups in total.